The van der Waals surface area contributed by atoms with Gasteiger partial charge in [-0.2, -0.15) is 0 Å². The number of phenolic OH excluding ortho intramolecular Hbond substituents is 1. The summed E-state index contributed by atoms with van der Waals surface area (Å²) in [5, 5.41) is 9.00. The first-order valence-electron chi connectivity index (χ1n) is 4.41. The smallest absolute Gasteiger partial charge is 0.130 e. The van der Waals surface area contributed by atoms with Gasteiger partial charge in [-0.05, 0) is 36.4 Å². The lowest BCUT2D eigenvalue weighted by atomic mass is 10.1. The van der Waals surface area contributed by atoms with E-state index < -0.39 is 0 Å². The Morgan fingerprint density at radius 2 is 2.31 bits per heavy atom. The summed E-state index contributed by atoms with van der Waals surface area (Å²) in [6.07, 6.45) is 0.970. The van der Waals surface area contributed by atoms with Gasteiger partial charge in [0, 0.05) is 6.07 Å². The van der Waals surface area contributed by atoms with E-state index in [1.54, 1.807) is 6.07 Å². The standard InChI is InChI=1S/C10H12FNO/c11-10-4-7(13)1-2-8(10)9-3-6(9)5-12/h1-2,4,6,9,13H,3,5,12H2/t6-,9+/m0/s1. The Kier molecular flexibility index (Phi) is 1.96. The summed E-state index contributed by atoms with van der Waals surface area (Å²) in [5.41, 5.74) is 6.16. The molecule has 0 bridgehead atoms. The van der Waals surface area contributed by atoms with Crippen LogP contribution in [0, 0.1) is 11.7 Å². The fourth-order valence-electron chi connectivity index (χ4n) is 1.71. The second-order valence-corrected chi connectivity index (χ2v) is 3.54. The van der Waals surface area contributed by atoms with E-state index in [4.69, 9.17) is 10.8 Å². The maximum atomic E-state index is 13.3. The van der Waals surface area contributed by atoms with Crippen LogP contribution in [-0.4, -0.2) is 11.7 Å². The molecular formula is C10H12FNO. The molecule has 2 atom stereocenters. The minimum absolute atomic E-state index is 0.0220. The molecule has 1 aromatic carbocycles. The van der Waals surface area contributed by atoms with Gasteiger partial charge in [0.1, 0.15) is 11.6 Å². The molecule has 0 aromatic heterocycles. The van der Waals surface area contributed by atoms with Crippen LogP contribution in [0.1, 0.15) is 17.9 Å². The van der Waals surface area contributed by atoms with Crippen LogP contribution in [0.4, 0.5) is 4.39 Å². The highest BCUT2D eigenvalue weighted by Gasteiger charge is 2.38. The fraction of sp³-hybridized carbons (Fsp3) is 0.400. The summed E-state index contributed by atoms with van der Waals surface area (Å²) in [6, 6.07) is 4.32. The summed E-state index contributed by atoms with van der Waals surface area (Å²) < 4.78 is 13.3. The van der Waals surface area contributed by atoms with Crippen LogP contribution in [0.15, 0.2) is 18.2 Å². The van der Waals surface area contributed by atoms with Crippen LogP contribution in [-0.2, 0) is 0 Å². The first kappa shape index (κ1) is 8.51. The molecule has 2 rings (SSSR count). The van der Waals surface area contributed by atoms with E-state index in [2.05, 4.69) is 0 Å². The Morgan fingerprint density at radius 1 is 1.54 bits per heavy atom. The van der Waals surface area contributed by atoms with Gasteiger partial charge in [0.25, 0.3) is 0 Å². The predicted molar refractivity (Wildman–Crippen MR) is 48.0 cm³/mol. The Hall–Kier alpha value is -1.09. The molecule has 3 heteroatoms. The minimum Gasteiger partial charge on any atom is -0.508 e. The van der Waals surface area contributed by atoms with Gasteiger partial charge in [-0.25, -0.2) is 4.39 Å². The van der Waals surface area contributed by atoms with Crippen molar-refractivity contribution >= 4 is 0 Å². The first-order chi connectivity index (χ1) is 6.22. The van der Waals surface area contributed by atoms with Crippen LogP contribution in [0.25, 0.3) is 0 Å². The second-order valence-electron chi connectivity index (χ2n) is 3.54. The van der Waals surface area contributed by atoms with Crippen molar-refractivity contribution in [1.29, 1.82) is 0 Å². The Morgan fingerprint density at radius 3 is 2.85 bits per heavy atom. The molecule has 1 saturated carbocycles. The quantitative estimate of drug-likeness (QED) is 0.727. The number of phenols is 1. The molecule has 0 aliphatic heterocycles. The summed E-state index contributed by atoms with van der Waals surface area (Å²) in [7, 11) is 0. The molecule has 0 spiro atoms. The fourth-order valence-corrected chi connectivity index (χ4v) is 1.71. The van der Waals surface area contributed by atoms with Crippen LogP contribution >= 0.6 is 0 Å². The van der Waals surface area contributed by atoms with Crippen molar-refractivity contribution < 1.29 is 9.50 Å². The normalized spacial score (nSPS) is 26.0. The van der Waals surface area contributed by atoms with Gasteiger partial charge < -0.3 is 10.8 Å². The number of nitrogens with two attached hydrogens (primary N) is 1. The van der Waals surface area contributed by atoms with Crippen LogP contribution in [0.5, 0.6) is 5.75 Å². The Bertz CT molecular complexity index is 327. The van der Waals surface area contributed by atoms with Crippen molar-refractivity contribution in [3.63, 3.8) is 0 Å². The van der Waals surface area contributed by atoms with Crippen LogP contribution in [0.2, 0.25) is 0 Å². The number of rotatable bonds is 2. The highest BCUT2D eigenvalue weighted by Crippen LogP contribution is 2.47. The highest BCUT2D eigenvalue weighted by atomic mass is 19.1. The first-order valence-corrected chi connectivity index (χ1v) is 4.41. The van der Waals surface area contributed by atoms with Crippen molar-refractivity contribution in [3.8, 4) is 5.75 Å². The van der Waals surface area contributed by atoms with Gasteiger partial charge in [-0.15, -0.1) is 0 Å². The third-order valence-corrected chi connectivity index (χ3v) is 2.61. The zero-order chi connectivity index (χ0) is 9.42. The van der Waals surface area contributed by atoms with E-state index in [0.29, 0.717) is 18.0 Å². The monoisotopic (exact) mass is 181 g/mol. The number of aromatic hydroxyl groups is 1. The maximum Gasteiger partial charge on any atom is 0.130 e. The third-order valence-electron chi connectivity index (χ3n) is 2.61. The van der Waals surface area contributed by atoms with Crippen molar-refractivity contribution in [3.05, 3.63) is 29.6 Å². The highest BCUT2D eigenvalue weighted by molar-refractivity contribution is 5.33. The molecule has 1 aromatic rings. The SMILES string of the molecule is NC[C@@H]1C[C@H]1c1ccc(O)cc1F. The summed E-state index contributed by atoms with van der Waals surface area (Å²) in [5.74, 6) is 0.358. The molecule has 3 N–H and O–H groups in total. The maximum absolute atomic E-state index is 13.3. The lowest BCUT2D eigenvalue weighted by molar-refractivity contribution is 0.467. The molecule has 1 aliphatic carbocycles. The molecule has 1 aliphatic rings. The van der Waals surface area contributed by atoms with Gasteiger partial charge in [-0.1, -0.05) is 6.07 Å². The predicted octanol–water partition coefficient (Wildman–Crippen LogP) is 1.59. The largest absolute Gasteiger partial charge is 0.508 e. The van der Waals surface area contributed by atoms with E-state index in [1.165, 1.54) is 6.07 Å². The van der Waals surface area contributed by atoms with E-state index in [1.807, 2.05) is 0 Å². The van der Waals surface area contributed by atoms with Crippen molar-refractivity contribution in [2.45, 2.75) is 12.3 Å². The molecule has 0 heterocycles. The van der Waals surface area contributed by atoms with E-state index in [-0.39, 0.29) is 17.5 Å². The van der Waals surface area contributed by atoms with Gasteiger partial charge in [0.05, 0.1) is 0 Å². The van der Waals surface area contributed by atoms with E-state index >= 15 is 0 Å². The molecular weight excluding hydrogens is 169 g/mol. The Balaban J connectivity index is 2.22. The van der Waals surface area contributed by atoms with Crippen LogP contribution < -0.4 is 5.73 Å². The summed E-state index contributed by atoms with van der Waals surface area (Å²) >= 11 is 0. The minimum atomic E-state index is -0.319. The second kappa shape index (κ2) is 3.00. The lowest BCUT2D eigenvalue weighted by Gasteiger charge is -2.01. The zero-order valence-electron chi connectivity index (χ0n) is 7.20. The van der Waals surface area contributed by atoms with Crippen molar-refractivity contribution in [1.82, 2.24) is 0 Å². The summed E-state index contributed by atoms with van der Waals surface area (Å²) in [4.78, 5) is 0. The number of benzene rings is 1. The molecule has 0 saturated heterocycles. The van der Waals surface area contributed by atoms with Gasteiger partial charge >= 0.3 is 0 Å². The van der Waals surface area contributed by atoms with E-state index in [0.717, 1.165) is 12.5 Å². The average Bonchev–Trinajstić information content (AvgIpc) is 2.83. The van der Waals surface area contributed by atoms with Crippen LogP contribution in [0.3, 0.4) is 0 Å². The van der Waals surface area contributed by atoms with E-state index in [9.17, 15) is 4.39 Å². The molecule has 2 nitrogen and oxygen atoms in total. The average molecular weight is 181 g/mol. The molecule has 0 radical (unpaired) electrons. The molecule has 1 fully saturated rings. The van der Waals surface area contributed by atoms with Gasteiger partial charge in [0.2, 0.25) is 0 Å². The number of halogens is 1. The van der Waals surface area contributed by atoms with Gasteiger partial charge in [0.15, 0.2) is 0 Å². The molecule has 13 heavy (non-hydrogen) atoms. The molecule has 0 amide bonds. The van der Waals surface area contributed by atoms with Gasteiger partial charge in [-0.3, -0.25) is 0 Å². The summed E-state index contributed by atoms with van der Waals surface area (Å²) in [6.45, 7) is 0.616. The molecule has 0 unspecified atom stereocenters. The Labute approximate surface area is 76.2 Å². The number of hydrogen-bond acceptors (Lipinski definition) is 2. The lowest BCUT2D eigenvalue weighted by Crippen LogP contribution is -2.02. The van der Waals surface area contributed by atoms with Crippen molar-refractivity contribution in [2.24, 2.45) is 11.7 Å². The topological polar surface area (TPSA) is 46.2 Å². The number of hydrogen-bond donors (Lipinski definition) is 2. The molecule has 70 valence electrons. The zero-order valence-corrected chi connectivity index (χ0v) is 7.20. The third kappa shape index (κ3) is 1.52. The van der Waals surface area contributed by atoms with Crippen molar-refractivity contribution in [2.75, 3.05) is 6.54 Å².